The molecule has 3 amide bonds. The second-order valence-electron chi connectivity index (χ2n) is 9.89. The van der Waals surface area contributed by atoms with Crippen LogP contribution in [0.2, 0.25) is 0 Å². The van der Waals surface area contributed by atoms with Crippen LogP contribution in [0.1, 0.15) is 26.3 Å². The fourth-order valence-corrected chi connectivity index (χ4v) is 4.20. The van der Waals surface area contributed by atoms with Gasteiger partial charge < -0.3 is 25.2 Å². The Kier molecular flexibility index (Phi) is 9.50. The van der Waals surface area contributed by atoms with E-state index in [1.807, 2.05) is 68.4 Å². The molecule has 41 heavy (non-hydrogen) atoms. The molecule has 0 saturated carbocycles. The summed E-state index contributed by atoms with van der Waals surface area (Å²) < 4.78 is 5.48. The largest absolute Gasteiger partial charge is 0.412 e. The molecule has 2 N–H and O–H groups in total. The van der Waals surface area contributed by atoms with Crippen molar-refractivity contribution in [3.8, 4) is 16.9 Å². The van der Waals surface area contributed by atoms with Crippen LogP contribution < -0.4 is 20.3 Å². The number of carbonyl (C=O) groups excluding carboxylic acids is 3. The minimum atomic E-state index is -0.593. The van der Waals surface area contributed by atoms with Crippen LogP contribution in [0.4, 0.5) is 16.2 Å². The lowest BCUT2D eigenvalue weighted by Crippen LogP contribution is -2.34. The molecule has 8 nitrogen and oxygen atoms in total. The molecule has 0 aromatic heterocycles. The van der Waals surface area contributed by atoms with E-state index >= 15 is 0 Å². The molecule has 210 valence electrons. The number of nitrogens with one attached hydrogen (secondary N) is 2. The minimum absolute atomic E-state index is 0.243. The van der Waals surface area contributed by atoms with Gasteiger partial charge in [0.1, 0.15) is 0 Å². The lowest BCUT2D eigenvalue weighted by molar-refractivity contribution is 0.0990. The number of para-hydroxylation sites is 2. The van der Waals surface area contributed by atoms with Crippen LogP contribution in [0.5, 0.6) is 5.75 Å². The van der Waals surface area contributed by atoms with Crippen LogP contribution in [0.15, 0.2) is 97.1 Å². The van der Waals surface area contributed by atoms with Gasteiger partial charge in [-0.3, -0.25) is 9.59 Å². The lowest BCUT2D eigenvalue weighted by atomic mass is 9.98. The maximum Gasteiger partial charge on any atom is 0.412 e. The zero-order chi connectivity index (χ0) is 29.4. The van der Waals surface area contributed by atoms with E-state index in [0.717, 1.165) is 16.7 Å². The average molecular weight is 551 g/mol. The van der Waals surface area contributed by atoms with E-state index < -0.39 is 6.09 Å². The Morgan fingerprint density at radius 3 is 2.15 bits per heavy atom. The number of hydrogen-bond acceptors (Lipinski definition) is 5. The number of hydrogen-bond donors (Lipinski definition) is 2. The molecule has 0 aliphatic carbocycles. The third-order valence-corrected chi connectivity index (χ3v) is 6.49. The first-order valence-corrected chi connectivity index (χ1v) is 13.3. The Bertz CT molecular complexity index is 1520. The second-order valence-corrected chi connectivity index (χ2v) is 9.89. The molecule has 0 unspecified atom stereocenters. The SMILES string of the molecule is Cc1ccc(-c2ccccc2C(=O)Nc2ccc(C(=O)N(C)c3ccccc3OC(=O)NCCN(C)C)cc2)cc1. The summed E-state index contributed by atoms with van der Waals surface area (Å²) in [6.45, 7) is 3.13. The normalized spacial score (nSPS) is 10.7. The van der Waals surface area contributed by atoms with Gasteiger partial charge in [0.05, 0.1) is 5.69 Å². The lowest BCUT2D eigenvalue weighted by Gasteiger charge is -2.20. The van der Waals surface area contributed by atoms with Crippen molar-refractivity contribution in [3.63, 3.8) is 0 Å². The monoisotopic (exact) mass is 550 g/mol. The van der Waals surface area contributed by atoms with Crippen molar-refractivity contribution in [2.45, 2.75) is 6.92 Å². The van der Waals surface area contributed by atoms with Crippen molar-refractivity contribution in [2.24, 2.45) is 0 Å². The van der Waals surface area contributed by atoms with Crippen molar-refractivity contribution >= 4 is 29.3 Å². The number of aryl methyl sites for hydroxylation is 1. The van der Waals surface area contributed by atoms with E-state index in [9.17, 15) is 14.4 Å². The van der Waals surface area contributed by atoms with Crippen LogP contribution in [0, 0.1) is 6.92 Å². The Morgan fingerprint density at radius 1 is 0.780 bits per heavy atom. The van der Waals surface area contributed by atoms with E-state index in [2.05, 4.69) is 10.6 Å². The molecule has 8 heteroatoms. The number of ether oxygens (including phenoxy) is 1. The highest BCUT2D eigenvalue weighted by molar-refractivity contribution is 6.10. The van der Waals surface area contributed by atoms with E-state index in [1.54, 1.807) is 61.6 Å². The topological polar surface area (TPSA) is 91.0 Å². The molecule has 0 saturated heterocycles. The van der Waals surface area contributed by atoms with Crippen LogP contribution in [-0.2, 0) is 0 Å². The molecule has 0 aliphatic rings. The standard InChI is InChI=1S/C33H34N4O4/c1-23-13-15-24(16-14-23)27-9-5-6-10-28(27)31(38)35-26-19-17-25(18-20-26)32(39)37(4)29-11-7-8-12-30(29)41-33(40)34-21-22-36(2)3/h5-20H,21-22H2,1-4H3,(H,34,40)(H,35,38). The van der Waals surface area contributed by atoms with E-state index in [0.29, 0.717) is 35.6 Å². The van der Waals surface area contributed by atoms with Gasteiger partial charge in [-0.05, 0) is 74.6 Å². The van der Waals surface area contributed by atoms with Crippen molar-refractivity contribution in [1.82, 2.24) is 10.2 Å². The van der Waals surface area contributed by atoms with Gasteiger partial charge in [0.2, 0.25) is 0 Å². The number of rotatable bonds is 9. The summed E-state index contributed by atoms with van der Waals surface area (Å²) >= 11 is 0. The molecule has 4 rings (SSSR count). The van der Waals surface area contributed by atoms with Crippen molar-refractivity contribution in [3.05, 3.63) is 114 Å². The average Bonchev–Trinajstić information content (AvgIpc) is 2.97. The summed E-state index contributed by atoms with van der Waals surface area (Å²) in [6.07, 6.45) is -0.593. The van der Waals surface area contributed by atoms with Crippen molar-refractivity contribution < 1.29 is 19.1 Å². The molecule has 0 aliphatic heterocycles. The number of nitrogens with zero attached hydrogens (tertiary/aromatic N) is 2. The first-order chi connectivity index (χ1) is 19.7. The Balaban J connectivity index is 1.44. The summed E-state index contributed by atoms with van der Waals surface area (Å²) in [7, 11) is 5.44. The number of carbonyl (C=O) groups is 3. The second kappa shape index (κ2) is 13.4. The third kappa shape index (κ3) is 7.58. The maximum atomic E-state index is 13.3. The number of likely N-dealkylation sites (N-methyl/N-ethyl adjacent to an activating group) is 1. The van der Waals surface area contributed by atoms with E-state index in [1.165, 1.54) is 4.90 Å². The van der Waals surface area contributed by atoms with Gasteiger partial charge in [0.15, 0.2) is 5.75 Å². The van der Waals surface area contributed by atoms with E-state index in [-0.39, 0.29) is 17.6 Å². The summed E-state index contributed by atoms with van der Waals surface area (Å²) in [4.78, 5) is 42.1. The fraction of sp³-hybridized carbons (Fsp3) is 0.182. The predicted octanol–water partition coefficient (Wildman–Crippen LogP) is 5.84. The van der Waals surface area contributed by atoms with Crippen LogP contribution >= 0.6 is 0 Å². The molecule has 0 spiro atoms. The summed E-state index contributed by atoms with van der Waals surface area (Å²) in [6, 6.07) is 29.0. The molecule has 0 radical (unpaired) electrons. The minimum Gasteiger partial charge on any atom is -0.408 e. The van der Waals surface area contributed by atoms with Crippen LogP contribution in [-0.4, -0.2) is 57.0 Å². The van der Waals surface area contributed by atoms with Gasteiger partial charge in [-0.15, -0.1) is 0 Å². The third-order valence-electron chi connectivity index (χ3n) is 6.49. The van der Waals surface area contributed by atoms with Crippen molar-refractivity contribution in [1.29, 1.82) is 0 Å². The molecular formula is C33H34N4O4. The number of amides is 3. The zero-order valence-corrected chi connectivity index (χ0v) is 23.7. The number of anilines is 2. The molecule has 0 bridgehead atoms. The first kappa shape index (κ1) is 29.0. The van der Waals surface area contributed by atoms with Crippen LogP contribution in [0.3, 0.4) is 0 Å². The fourth-order valence-electron chi connectivity index (χ4n) is 4.20. The summed E-state index contributed by atoms with van der Waals surface area (Å²) in [5, 5.41) is 5.63. The highest BCUT2D eigenvalue weighted by atomic mass is 16.6. The first-order valence-electron chi connectivity index (χ1n) is 13.3. The van der Waals surface area contributed by atoms with Gasteiger partial charge in [-0.1, -0.05) is 60.2 Å². The van der Waals surface area contributed by atoms with Gasteiger partial charge in [-0.25, -0.2) is 4.79 Å². The molecular weight excluding hydrogens is 516 g/mol. The maximum absolute atomic E-state index is 13.3. The summed E-state index contributed by atoms with van der Waals surface area (Å²) in [5.74, 6) is -0.272. The molecule has 0 heterocycles. The molecule has 0 fully saturated rings. The van der Waals surface area contributed by atoms with E-state index in [4.69, 9.17) is 4.74 Å². The Labute approximate surface area is 240 Å². The van der Waals surface area contributed by atoms with Gasteiger partial charge >= 0.3 is 6.09 Å². The van der Waals surface area contributed by atoms with Crippen LogP contribution in [0.25, 0.3) is 11.1 Å². The Morgan fingerprint density at radius 2 is 1.44 bits per heavy atom. The highest BCUT2D eigenvalue weighted by Gasteiger charge is 2.19. The van der Waals surface area contributed by atoms with Gasteiger partial charge in [0.25, 0.3) is 11.8 Å². The predicted molar refractivity (Wildman–Crippen MR) is 163 cm³/mol. The Hall–Kier alpha value is -4.95. The molecule has 4 aromatic carbocycles. The quantitative estimate of drug-likeness (QED) is 0.273. The highest BCUT2D eigenvalue weighted by Crippen LogP contribution is 2.29. The number of benzene rings is 4. The van der Waals surface area contributed by atoms with Gasteiger partial charge in [0, 0.05) is 37.0 Å². The summed E-state index contributed by atoms with van der Waals surface area (Å²) in [5.41, 5.74) is 4.92. The smallest absolute Gasteiger partial charge is 0.408 e. The zero-order valence-electron chi connectivity index (χ0n) is 23.7. The molecule has 4 aromatic rings. The van der Waals surface area contributed by atoms with Gasteiger partial charge in [-0.2, -0.15) is 0 Å². The molecule has 0 atom stereocenters. The van der Waals surface area contributed by atoms with Crippen molar-refractivity contribution in [2.75, 3.05) is 44.4 Å².